The molecule has 1 heterocycles. The number of benzene rings is 1. The van der Waals surface area contributed by atoms with E-state index in [0.29, 0.717) is 5.56 Å². The van der Waals surface area contributed by atoms with E-state index in [1.165, 1.54) is 18.3 Å². The number of nitro groups is 1. The Morgan fingerprint density at radius 1 is 1.50 bits per heavy atom. The lowest BCUT2D eigenvalue weighted by Crippen LogP contribution is -2.67. The van der Waals surface area contributed by atoms with E-state index < -0.39 is 4.92 Å². The Morgan fingerprint density at radius 2 is 2.30 bits per heavy atom. The number of nitro benzene ring substituents is 1. The second kappa shape index (κ2) is 5.97. The predicted octanol–water partition coefficient (Wildman–Crippen LogP) is 0.0503. The van der Waals surface area contributed by atoms with Gasteiger partial charge in [0.25, 0.3) is 5.69 Å². The molecule has 0 aromatic heterocycles. The van der Waals surface area contributed by atoms with E-state index in [1.54, 1.807) is 12.1 Å². The zero-order valence-electron chi connectivity index (χ0n) is 10.7. The molecule has 2 rings (SSSR count). The molecule has 1 aliphatic heterocycles. The van der Waals surface area contributed by atoms with Crippen LogP contribution in [0.25, 0.3) is 0 Å². The molecule has 0 spiro atoms. The monoisotopic (exact) mass is 278 g/mol. The van der Waals surface area contributed by atoms with Crippen LogP contribution in [-0.2, 0) is 0 Å². The molecule has 2 amide bonds. The lowest BCUT2D eigenvalue weighted by atomic mass is 10.2. The minimum atomic E-state index is -0.468. The maximum absolute atomic E-state index is 11.1. The summed E-state index contributed by atoms with van der Waals surface area (Å²) < 4.78 is 0. The lowest BCUT2D eigenvalue weighted by Gasteiger charge is -2.30. The van der Waals surface area contributed by atoms with Gasteiger partial charge in [0.15, 0.2) is 0 Å². The van der Waals surface area contributed by atoms with Crippen LogP contribution in [0.1, 0.15) is 12.5 Å². The van der Waals surface area contributed by atoms with Crippen molar-refractivity contribution < 1.29 is 9.72 Å². The van der Waals surface area contributed by atoms with Gasteiger partial charge in [-0.2, -0.15) is 5.10 Å². The van der Waals surface area contributed by atoms with E-state index in [1.807, 2.05) is 6.92 Å². The fraction of sp³-hybridized carbons (Fsp3) is 0.273. The van der Waals surface area contributed by atoms with E-state index in [9.17, 15) is 14.9 Å². The summed E-state index contributed by atoms with van der Waals surface area (Å²) in [6.07, 6.45) is 1.08. The van der Waals surface area contributed by atoms with Gasteiger partial charge in [0.2, 0.25) is 0 Å². The van der Waals surface area contributed by atoms with Crippen LogP contribution in [-0.4, -0.2) is 29.4 Å². The van der Waals surface area contributed by atoms with Gasteiger partial charge in [-0.1, -0.05) is 12.1 Å². The van der Waals surface area contributed by atoms with Crippen LogP contribution in [0.2, 0.25) is 0 Å². The number of hydrazone groups is 1. The second-order valence-electron chi connectivity index (χ2n) is 4.25. The summed E-state index contributed by atoms with van der Waals surface area (Å²) in [7, 11) is 0. The molecule has 20 heavy (non-hydrogen) atoms. The number of carbonyl (C=O) groups is 1. The quantitative estimate of drug-likeness (QED) is 0.352. The molecule has 0 aliphatic carbocycles. The number of carbonyl (C=O) groups excluding carboxylic acids is 1. The van der Waals surface area contributed by atoms with Crippen LogP contribution in [0.3, 0.4) is 0 Å². The van der Waals surface area contributed by atoms with Crippen molar-refractivity contribution in [2.75, 3.05) is 0 Å². The molecule has 106 valence electrons. The zero-order chi connectivity index (χ0) is 14.5. The van der Waals surface area contributed by atoms with Gasteiger partial charge < -0.3 is 5.32 Å². The molecule has 9 nitrogen and oxygen atoms in total. The number of hydrogen-bond donors (Lipinski definition) is 4. The maximum atomic E-state index is 11.1. The van der Waals surface area contributed by atoms with Gasteiger partial charge in [-0.05, 0) is 6.92 Å². The van der Waals surface area contributed by atoms with E-state index in [4.69, 9.17) is 0 Å². The first-order chi connectivity index (χ1) is 9.56. The standard InChI is InChI=1S/C11H14N6O3/c1-7-10(13-11(18)16-14-7)15-12-6-8-3-2-4-9(5-8)17(19)20/h2-7,10,14-15H,1H3,(H2,13,16,18)/b12-6+. The normalized spacial score (nSPS) is 22.1. The molecule has 2 atom stereocenters. The van der Waals surface area contributed by atoms with Gasteiger partial charge in [0.05, 0.1) is 17.2 Å². The molecular weight excluding hydrogens is 264 g/mol. The van der Waals surface area contributed by atoms with Crippen LogP contribution in [0.15, 0.2) is 29.4 Å². The van der Waals surface area contributed by atoms with Crippen LogP contribution >= 0.6 is 0 Å². The van der Waals surface area contributed by atoms with E-state index in [2.05, 4.69) is 26.7 Å². The number of amides is 2. The third-order valence-electron chi connectivity index (χ3n) is 2.71. The van der Waals surface area contributed by atoms with Crippen LogP contribution in [0.5, 0.6) is 0 Å². The van der Waals surface area contributed by atoms with Gasteiger partial charge in [-0.25, -0.2) is 10.2 Å². The average Bonchev–Trinajstić information content (AvgIpc) is 2.43. The van der Waals surface area contributed by atoms with Crippen molar-refractivity contribution in [3.63, 3.8) is 0 Å². The number of nitrogens with zero attached hydrogens (tertiary/aromatic N) is 2. The number of hydrazine groups is 1. The Kier molecular flexibility index (Phi) is 4.11. The van der Waals surface area contributed by atoms with Gasteiger partial charge in [-0.15, -0.1) is 0 Å². The van der Waals surface area contributed by atoms with Crippen LogP contribution < -0.4 is 21.6 Å². The van der Waals surface area contributed by atoms with E-state index >= 15 is 0 Å². The third-order valence-corrected chi connectivity index (χ3v) is 2.71. The first-order valence-corrected chi connectivity index (χ1v) is 5.91. The van der Waals surface area contributed by atoms with Crippen molar-refractivity contribution in [3.8, 4) is 0 Å². The Bertz CT molecular complexity index is 547. The molecule has 9 heteroatoms. The molecule has 1 aliphatic rings. The maximum Gasteiger partial charge on any atom is 0.330 e. The van der Waals surface area contributed by atoms with Crippen molar-refractivity contribution in [3.05, 3.63) is 39.9 Å². The molecule has 4 N–H and O–H groups in total. The van der Waals surface area contributed by atoms with Crippen LogP contribution in [0, 0.1) is 10.1 Å². The summed E-state index contributed by atoms with van der Waals surface area (Å²) in [5, 5.41) is 17.2. The first kappa shape index (κ1) is 13.7. The minimum Gasteiger partial charge on any atom is -0.314 e. The van der Waals surface area contributed by atoms with E-state index in [0.717, 1.165) is 0 Å². The summed E-state index contributed by atoms with van der Waals surface area (Å²) in [4.78, 5) is 21.3. The molecular formula is C11H14N6O3. The molecule has 0 bridgehead atoms. The molecule has 1 fully saturated rings. The highest BCUT2D eigenvalue weighted by molar-refractivity contribution is 5.80. The Morgan fingerprint density at radius 3 is 3.05 bits per heavy atom. The number of non-ortho nitro benzene ring substituents is 1. The highest BCUT2D eigenvalue weighted by atomic mass is 16.6. The van der Waals surface area contributed by atoms with Gasteiger partial charge >= 0.3 is 6.03 Å². The van der Waals surface area contributed by atoms with Gasteiger partial charge in [0.1, 0.15) is 6.17 Å². The fourth-order valence-electron chi connectivity index (χ4n) is 1.62. The second-order valence-corrected chi connectivity index (χ2v) is 4.25. The fourth-order valence-corrected chi connectivity index (χ4v) is 1.62. The lowest BCUT2D eigenvalue weighted by molar-refractivity contribution is -0.384. The Balaban J connectivity index is 1.97. The summed E-state index contributed by atoms with van der Waals surface area (Å²) in [5.41, 5.74) is 8.54. The molecule has 2 unspecified atom stereocenters. The smallest absolute Gasteiger partial charge is 0.314 e. The van der Waals surface area contributed by atoms with Crippen molar-refractivity contribution in [1.29, 1.82) is 0 Å². The van der Waals surface area contributed by atoms with Crippen LogP contribution in [0.4, 0.5) is 10.5 Å². The zero-order valence-corrected chi connectivity index (χ0v) is 10.7. The summed E-state index contributed by atoms with van der Waals surface area (Å²) in [5.74, 6) is 0. The van der Waals surface area contributed by atoms with Crippen molar-refractivity contribution in [2.45, 2.75) is 19.1 Å². The summed E-state index contributed by atoms with van der Waals surface area (Å²) in [6, 6.07) is 5.66. The van der Waals surface area contributed by atoms with Crippen molar-refractivity contribution >= 4 is 17.9 Å². The molecule has 1 aromatic carbocycles. The largest absolute Gasteiger partial charge is 0.330 e. The predicted molar refractivity (Wildman–Crippen MR) is 71.9 cm³/mol. The third kappa shape index (κ3) is 3.42. The number of hydrogen-bond acceptors (Lipinski definition) is 6. The van der Waals surface area contributed by atoms with Crippen molar-refractivity contribution in [1.82, 2.24) is 21.6 Å². The Labute approximate surface area is 114 Å². The number of nitrogens with one attached hydrogen (secondary N) is 4. The summed E-state index contributed by atoms with van der Waals surface area (Å²) >= 11 is 0. The molecule has 1 aromatic rings. The first-order valence-electron chi connectivity index (χ1n) is 5.91. The Hall–Kier alpha value is -2.68. The molecule has 1 saturated heterocycles. The minimum absolute atomic E-state index is 0.000783. The topological polar surface area (TPSA) is 121 Å². The van der Waals surface area contributed by atoms with Gasteiger partial charge in [0, 0.05) is 17.7 Å². The van der Waals surface area contributed by atoms with Gasteiger partial charge in [-0.3, -0.25) is 21.0 Å². The average molecular weight is 278 g/mol. The molecule has 0 saturated carbocycles. The highest BCUT2D eigenvalue weighted by Gasteiger charge is 2.23. The van der Waals surface area contributed by atoms with E-state index in [-0.39, 0.29) is 23.9 Å². The SMILES string of the molecule is CC1NNC(=O)NC1N/N=C/c1cccc([N+](=O)[O-])c1. The molecule has 0 radical (unpaired) electrons. The highest BCUT2D eigenvalue weighted by Crippen LogP contribution is 2.11. The summed E-state index contributed by atoms with van der Waals surface area (Å²) in [6.45, 7) is 1.85. The number of rotatable bonds is 4. The number of urea groups is 1. The van der Waals surface area contributed by atoms with Crippen molar-refractivity contribution in [2.24, 2.45) is 5.10 Å².